The highest BCUT2D eigenvalue weighted by Gasteiger charge is 2.26. The second-order valence-electron chi connectivity index (χ2n) is 2.91. The van der Waals surface area contributed by atoms with Crippen LogP contribution in [-0.4, -0.2) is 37.8 Å². The maximum absolute atomic E-state index is 2.48. The lowest BCUT2D eigenvalue weighted by atomic mass is 10.8. The third-order valence-electron chi connectivity index (χ3n) is 2.16. The van der Waals surface area contributed by atoms with Crippen molar-refractivity contribution in [3.63, 3.8) is 0 Å². The van der Waals surface area contributed by atoms with Gasteiger partial charge in [0.1, 0.15) is 0 Å². The van der Waals surface area contributed by atoms with Crippen molar-refractivity contribution in [2.24, 2.45) is 0 Å². The van der Waals surface area contributed by atoms with Crippen LogP contribution < -0.4 is 0 Å². The molecule has 0 heterocycles. The van der Waals surface area contributed by atoms with Gasteiger partial charge in [-0.05, 0) is 13.8 Å². The molecular formula is C7H19NP+. The Bertz CT molecular complexity index is 81.0. The van der Waals surface area contributed by atoms with Crippen LogP contribution in [0.1, 0.15) is 13.8 Å². The van der Waals surface area contributed by atoms with Crippen LogP contribution in [0.4, 0.5) is 0 Å². The van der Waals surface area contributed by atoms with Crippen LogP contribution in [0, 0.1) is 0 Å². The van der Waals surface area contributed by atoms with E-state index < -0.39 is 7.41 Å². The first kappa shape index (κ1) is 9.39. The molecule has 0 unspecified atom stereocenters. The van der Waals surface area contributed by atoms with E-state index in [0.717, 1.165) is 0 Å². The summed E-state index contributed by atoms with van der Waals surface area (Å²) in [6, 6.07) is 0. The second-order valence-corrected chi connectivity index (χ2v) is 7.47. The summed E-state index contributed by atoms with van der Waals surface area (Å²) in [5.74, 6) is 0. The summed E-state index contributed by atoms with van der Waals surface area (Å²) in [7, 11) is 1.54. The minimum atomic E-state index is -0.681. The summed E-state index contributed by atoms with van der Waals surface area (Å²) in [6.07, 6.45) is 1.33. The average Bonchev–Trinajstić information content (AvgIpc) is 1.86. The molecule has 56 valence electrons. The van der Waals surface area contributed by atoms with Gasteiger partial charge < -0.3 is 0 Å². The van der Waals surface area contributed by atoms with E-state index in [2.05, 4.69) is 38.9 Å². The van der Waals surface area contributed by atoms with Crippen LogP contribution in [0.2, 0.25) is 0 Å². The van der Waals surface area contributed by atoms with E-state index in [1.807, 2.05) is 0 Å². The minimum absolute atomic E-state index is 0.681. The summed E-state index contributed by atoms with van der Waals surface area (Å²) in [5, 5.41) is 0. The maximum Gasteiger partial charge on any atom is 0.0765 e. The van der Waals surface area contributed by atoms with Gasteiger partial charge in [0.05, 0.1) is 26.9 Å². The molecule has 0 bridgehead atoms. The minimum Gasteiger partial charge on any atom is -0.184 e. The number of nitrogens with zero attached hydrogens (tertiary/aromatic N) is 1. The van der Waals surface area contributed by atoms with Gasteiger partial charge in [-0.2, -0.15) is 4.67 Å². The smallest absolute Gasteiger partial charge is 0.0765 e. The molecule has 9 heavy (non-hydrogen) atoms. The molecule has 0 aromatic rings. The lowest BCUT2D eigenvalue weighted by molar-refractivity contribution is 0.573. The fourth-order valence-electron chi connectivity index (χ4n) is 0.624. The van der Waals surface area contributed by atoms with Crippen molar-refractivity contribution in [1.29, 1.82) is 0 Å². The lowest BCUT2D eigenvalue weighted by Crippen LogP contribution is -2.18. The Balaban J connectivity index is 3.80. The molecule has 0 saturated heterocycles. The van der Waals surface area contributed by atoms with Crippen molar-refractivity contribution >= 4 is 7.41 Å². The Morgan fingerprint density at radius 1 is 1.22 bits per heavy atom. The van der Waals surface area contributed by atoms with Crippen LogP contribution in [0.5, 0.6) is 0 Å². The van der Waals surface area contributed by atoms with Crippen molar-refractivity contribution in [3.8, 4) is 0 Å². The molecule has 2 heteroatoms. The molecule has 0 saturated carbocycles. The molecule has 0 spiro atoms. The molecule has 0 aliphatic carbocycles. The van der Waals surface area contributed by atoms with Crippen molar-refractivity contribution in [3.05, 3.63) is 0 Å². The van der Waals surface area contributed by atoms with Crippen molar-refractivity contribution < 1.29 is 0 Å². The van der Waals surface area contributed by atoms with Gasteiger partial charge in [0.2, 0.25) is 0 Å². The summed E-state index contributed by atoms with van der Waals surface area (Å²) >= 11 is 0. The summed E-state index contributed by atoms with van der Waals surface area (Å²) in [5.41, 5.74) is 0. The molecule has 0 atom stereocenters. The fourth-order valence-corrected chi connectivity index (χ4v) is 1.87. The standard InChI is InChI=1S/C7H19NP/c1-6-8(3)9(4,5)7-2/h6-7H2,1-5H3/q+1. The number of hydrogen-bond acceptors (Lipinski definition) is 1. The van der Waals surface area contributed by atoms with E-state index in [0.29, 0.717) is 0 Å². The zero-order valence-corrected chi connectivity index (χ0v) is 8.20. The second kappa shape index (κ2) is 3.53. The molecular weight excluding hydrogens is 129 g/mol. The van der Waals surface area contributed by atoms with Gasteiger partial charge in [-0.25, -0.2) is 0 Å². The zero-order valence-electron chi connectivity index (χ0n) is 7.31. The average molecular weight is 148 g/mol. The fraction of sp³-hybridized carbons (Fsp3) is 1.00. The molecule has 1 nitrogen and oxygen atoms in total. The Kier molecular flexibility index (Phi) is 3.68. The molecule has 0 amide bonds. The first-order valence-corrected chi connectivity index (χ1v) is 6.41. The van der Waals surface area contributed by atoms with Crippen LogP contribution in [-0.2, 0) is 0 Å². The maximum atomic E-state index is 2.48. The van der Waals surface area contributed by atoms with Gasteiger partial charge in [-0.3, -0.25) is 0 Å². The van der Waals surface area contributed by atoms with Gasteiger partial charge in [-0.1, -0.05) is 0 Å². The van der Waals surface area contributed by atoms with Crippen molar-refractivity contribution in [2.75, 3.05) is 33.1 Å². The van der Waals surface area contributed by atoms with Crippen molar-refractivity contribution in [1.82, 2.24) is 4.67 Å². The summed E-state index contributed by atoms with van der Waals surface area (Å²) < 4.78 is 2.48. The Morgan fingerprint density at radius 2 is 1.67 bits per heavy atom. The predicted molar refractivity (Wildman–Crippen MR) is 47.6 cm³/mol. The first-order chi connectivity index (χ1) is 4.04. The molecule has 0 aliphatic heterocycles. The molecule has 0 aromatic carbocycles. The van der Waals surface area contributed by atoms with E-state index in [1.165, 1.54) is 12.7 Å². The Labute approximate surface area is 59.8 Å². The van der Waals surface area contributed by atoms with E-state index in [1.54, 1.807) is 0 Å². The summed E-state index contributed by atoms with van der Waals surface area (Å²) in [6.45, 7) is 10.5. The topological polar surface area (TPSA) is 3.24 Å². The molecule has 0 N–H and O–H groups in total. The normalized spacial score (nSPS) is 12.7. The van der Waals surface area contributed by atoms with Gasteiger partial charge in [0.25, 0.3) is 0 Å². The highest BCUT2D eigenvalue weighted by Crippen LogP contribution is 2.52. The molecule has 0 rings (SSSR count). The number of rotatable bonds is 3. The quantitative estimate of drug-likeness (QED) is 0.554. The molecule has 0 aromatic heterocycles. The van der Waals surface area contributed by atoms with Crippen LogP contribution >= 0.6 is 7.41 Å². The molecule has 0 fully saturated rings. The Hall–Kier alpha value is 0.390. The third kappa shape index (κ3) is 2.64. The van der Waals surface area contributed by atoms with E-state index in [4.69, 9.17) is 0 Å². The van der Waals surface area contributed by atoms with Crippen LogP contribution in [0.25, 0.3) is 0 Å². The SMILES string of the molecule is CCN(C)[P+](C)(C)CC. The monoisotopic (exact) mass is 148 g/mol. The van der Waals surface area contributed by atoms with Gasteiger partial charge in [0, 0.05) is 13.6 Å². The van der Waals surface area contributed by atoms with Gasteiger partial charge in [-0.15, -0.1) is 0 Å². The molecule has 0 aliphatic rings. The van der Waals surface area contributed by atoms with Crippen LogP contribution in [0.3, 0.4) is 0 Å². The van der Waals surface area contributed by atoms with Crippen LogP contribution in [0.15, 0.2) is 0 Å². The van der Waals surface area contributed by atoms with Crippen molar-refractivity contribution in [2.45, 2.75) is 13.8 Å². The Morgan fingerprint density at radius 3 is 1.78 bits per heavy atom. The highest BCUT2D eigenvalue weighted by atomic mass is 31.2. The van der Waals surface area contributed by atoms with E-state index >= 15 is 0 Å². The largest absolute Gasteiger partial charge is 0.184 e. The highest BCUT2D eigenvalue weighted by molar-refractivity contribution is 7.72. The summed E-state index contributed by atoms with van der Waals surface area (Å²) in [4.78, 5) is 0. The third-order valence-corrected chi connectivity index (χ3v) is 5.83. The van der Waals surface area contributed by atoms with E-state index in [9.17, 15) is 0 Å². The number of hydrogen-bond donors (Lipinski definition) is 0. The predicted octanol–water partition coefficient (Wildman–Crippen LogP) is 2.15. The zero-order chi connectivity index (χ0) is 7.49. The first-order valence-electron chi connectivity index (χ1n) is 3.59. The van der Waals surface area contributed by atoms with Gasteiger partial charge in [0.15, 0.2) is 0 Å². The van der Waals surface area contributed by atoms with Gasteiger partial charge >= 0.3 is 0 Å². The molecule has 0 radical (unpaired) electrons. The lowest BCUT2D eigenvalue weighted by Gasteiger charge is -2.25. The van der Waals surface area contributed by atoms with E-state index in [-0.39, 0.29) is 0 Å².